The first-order valence-corrected chi connectivity index (χ1v) is 8.88. The maximum atomic E-state index is 12.9. The SMILES string of the molecule is COc1ccc(-c2nnc(SC(F)F)n2/N=C\c2c(C)nn(C)c2C)cc1. The van der Waals surface area contributed by atoms with E-state index >= 15 is 0 Å². The van der Waals surface area contributed by atoms with Crippen molar-refractivity contribution in [2.75, 3.05) is 7.11 Å². The van der Waals surface area contributed by atoms with Crippen LogP contribution in [0.5, 0.6) is 5.75 Å². The molecule has 0 bridgehead atoms. The molecule has 0 spiro atoms. The highest BCUT2D eigenvalue weighted by molar-refractivity contribution is 7.99. The Kier molecular flexibility index (Phi) is 5.54. The van der Waals surface area contributed by atoms with Crippen LogP contribution < -0.4 is 4.74 Å². The lowest BCUT2D eigenvalue weighted by molar-refractivity contribution is 0.251. The van der Waals surface area contributed by atoms with Gasteiger partial charge in [0.1, 0.15) is 5.75 Å². The molecule has 0 aliphatic carbocycles. The van der Waals surface area contributed by atoms with Crippen LogP contribution >= 0.6 is 11.8 Å². The van der Waals surface area contributed by atoms with Crippen LogP contribution in [0.4, 0.5) is 8.78 Å². The van der Waals surface area contributed by atoms with E-state index in [0.29, 0.717) is 28.9 Å². The van der Waals surface area contributed by atoms with Crippen LogP contribution in [0.2, 0.25) is 0 Å². The predicted molar refractivity (Wildman–Crippen MR) is 99.5 cm³/mol. The smallest absolute Gasteiger partial charge is 0.291 e. The average molecular weight is 392 g/mol. The summed E-state index contributed by atoms with van der Waals surface area (Å²) in [5.74, 6) is -1.60. The van der Waals surface area contributed by atoms with E-state index in [0.717, 1.165) is 17.0 Å². The van der Waals surface area contributed by atoms with Crippen molar-refractivity contribution in [2.45, 2.75) is 24.8 Å². The van der Waals surface area contributed by atoms with Crippen LogP contribution in [0.15, 0.2) is 34.5 Å². The lowest BCUT2D eigenvalue weighted by atomic mass is 10.2. The van der Waals surface area contributed by atoms with E-state index in [4.69, 9.17) is 4.74 Å². The standard InChI is InChI=1S/C17H18F2N6OS/c1-10-14(11(2)24(3)23-10)9-20-25-15(21-22-17(25)27-16(18)19)12-5-7-13(26-4)8-6-12/h5-9,16H,1-4H3/b20-9-. The Morgan fingerprint density at radius 1 is 1.19 bits per heavy atom. The molecule has 3 aromatic rings. The van der Waals surface area contributed by atoms with Gasteiger partial charge in [-0.05, 0) is 49.9 Å². The fourth-order valence-electron chi connectivity index (χ4n) is 2.54. The quantitative estimate of drug-likeness (QED) is 0.474. The molecular formula is C17H18F2N6OS. The molecule has 0 atom stereocenters. The maximum Gasteiger partial charge on any atom is 0.291 e. The molecular weight excluding hydrogens is 374 g/mol. The summed E-state index contributed by atoms with van der Waals surface area (Å²) in [4.78, 5) is 0. The Hall–Kier alpha value is -2.75. The van der Waals surface area contributed by atoms with Crippen molar-refractivity contribution in [3.05, 3.63) is 41.2 Å². The molecule has 0 aliphatic rings. The van der Waals surface area contributed by atoms with Gasteiger partial charge in [-0.1, -0.05) is 0 Å². The van der Waals surface area contributed by atoms with Gasteiger partial charge in [-0.2, -0.15) is 23.7 Å². The van der Waals surface area contributed by atoms with E-state index in [2.05, 4.69) is 20.4 Å². The fourth-order valence-corrected chi connectivity index (χ4v) is 3.02. The third-order valence-electron chi connectivity index (χ3n) is 4.02. The van der Waals surface area contributed by atoms with E-state index in [1.54, 1.807) is 42.3 Å². The van der Waals surface area contributed by atoms with Gasteiger partial charge in [0.2, 0.25) is 5.16 Å². The number of thioether (sulfide) groups is 1. The third-order valence-corrected chi connectivity index (χ3v) is 4.67. The lowest BCUT2D eigenvalue weighted by Gasteiger charge is -2.05. The van der Waals surface area contributed by atoms with Crippen molar-refractivity contribution in [2.24, 2.45) is 12.1 Å². The summed E-state index contributed by atoms with van der Waals surface area (Å²) in [6, 6.07) is 7.05. The Labute approximate surface area is 159 Å². The highest BCUT2D eigenvalue weighted by atomic mass is 32.2. The highest BCUT2D eigenvalue weighted by Gasteiger charge is 2.18. The van der Waals surface area contributed by atoms with E-state index in [-0.39, 0.29) is 5.16 Å². The first kappa shape index (κ1) is 19.0. The van der Waals surface area contributed by atoms with Crippen LogP contribution in [0.25, 0.3) is 11.4 Å². The summed E-state index contributed by atoms with van der Waals surface area (Å²) in [6.45, 7) is 3.77. The average Bonchev–Trinajstić information content (AvgIpc) is 3.13. The van der Waals surface area contributed by atoms with Gasteiger partial charge in [0, 0.05) is 23.9 Å². The van der Waals surface area contributed by atoms with Crippen molar-refractivity contribution in [3.63, 3.8) is 0 Å². The number of aryl methyl sites for hydroxylation is 2. The molecule has 0 saturated carbocycles. The molecule has 2 aromatic heterocycles. The van der Waals surface area contributed by atoms with E-state index in [9.17, 15) is 8.78 Å². The molecule has 0 unspecified atom stereocenters. The summed E-state index contributed by atoms with van der Waals surface area (Å²) in [5.41, 5.74) is 3.21. The number of ether oxygens (including phenoxy) is 1. The van der Waals surface area contributed by atoms with Crippen molar-refractivity contribution in [1.82, 2.24) is 24.7 Å². The normalized spacial score (nSPS) is 11.7. The van der Waals surface area contributed by atoms with Crippen LogP contribution in [0, 0.1) is 13.8 Å². The molecule has 0 amide bonds. The number of rotatable bonds is 6. The van der Waals surface area contributed by atoms with Gasteiger partial charge in [-0.25, -0.2) is 0 Å². The second kappa shape index (κ2) is 7.87. The van der Waals surface area contributed by atoms with Crippen molar-refractivity contribution < 1.29 is 13.5 Å². The molecule has 3 rings (SSSR count). The minimum absolute atomic E-state index is 0.00580. The first-order valence-electron chi connectivity index (χ1n) is 8.00. The van der Waals surface area contributed by atoms with Gasteiger partial charge < -0.3 is 4.74 Å². The van der Waals surface area contributed by atoms with Gasteiger partial charge >= 0.3 is 0 Å². The maximum absolute atomic E-state index is 12.9. The summed E-state index contributed by atoms with van der Waals surface area (Å²) in [6.07, 6.45) is 1.59. The predicted octanol–water partition coefficient (Wildman–Crippen LogP) is 3.50. The molecule has 142 valence electrons. The molecule has 1 aromatic carbocycles. The van der Waals surface area contributed by atoms with Gasteiger partial charge in [-0.15, -0.1) is 10.2 Å². The molecule has 0 aliphatic heterocycles. The molecule has 7 nitrogen and oxygen atoms in total. The second-order valence-electron chi connectivity index (χ2n) is 5.68. The van der Waals surface area contributed by atoms with Crippen molar-refractivity contribution >= 4 is 18.0 Å². The largest absolute Gasteiger partial charge is 0.497 e. The number of hydrogen-bond donors (Lipinski definition) is 0. The van der Waals surface area contributed by atoms with Gasteiger partial charge in [0.25, 0.3) is 5.76 Å². The zero-order chi connectivity index (χ0) is 19.6. The Balaban J connectivity index is 2.05. The monoisotopic (exact) mass is 392 g/mol. The molecule has 0 fully saturated rings. The van der Waals surface area contributed by atoms with Crippen molar-refractivity contribution in [1.29, 1.82) is 0 Å². The second-order valence-corrected chi connectivity index (χ2v) is 6.63. The molecule has 10 heteroatoms. The first-order chi connectivity index (χ1) is 12.9. The number of hydrogen-bond acceptors (Lipinski definition) is 6. The highest BCUT2D eigenvalue weighted by Crippen LogP contribution is 2.28. The number of nitrogens with zero attached hydrogens (tertiary/aromatic N) is 6. The summed E-state index contributed by atoms with van der Waals surface area (Å²) < 4.78 is 34.0. The van der Waals surface area contributed by atoms with Crippen LogP contribution in [-0.2, 0) is 7.05 Å². The van der Waals surface area contributed by atoms with E-state index in [1.165, 1.54) is 4.68 Å². The van der Waals surface area contributed by atoms with E-state index < -0.39 is 5.76 Å². The summed E-state index contributed by atoms with van der Waals surface area (Å²) in [7, 11) is 3.40. The molecule has 0 saturated heterocycles. The Bertz CT molecular complexity index is 965. The zero-order valence-electron chi connectivity index (χ0n) is 15.2. The molecule has 2 heterocycles. The number of aromatic nitrogens is 5. The minimum Gasteiger partial charge on any atom is -0.497 e. The fraction of sp³-hybridized carbons (Fsp3) is 0.294. The zero-order valence-corrected chi connectivity index (χ0v) is 16.0. The van der Waals surface area contributed by atoms with Gasteiger partial charge in [-0.3, -0.25) is 4.68 Å². The number of alkyl halides is 2. The number of methoxy groups -OCH3 is 1. The summed E-state index contributed by atoms with van der Waals surface area (Å²) in [5, 5.41) is 16.6. The van der Waals surface area contributed by atoms with Crippen LogP contribution in [0.1, 0.15) is 17.0 Å². The number of halogens is 2. The lowest BCUT2D eigenvalue weighted by Crippen LogP contribution is -1.99. The molecule has 0 N–H and O–H groups in total. The Morgan fingerprint density at radius 3 is 2.44 bits per heavy atom. The van der Waals surface area contributed by atoms with Gasteiger partial charge in [0.05, 0.1) is 19.0 Å². The van der Waals surface area contributed by atoms with Crippen molar-refractivity contribution in [3.8, 4) is 17.1 Å². The van der Waals surface area contributed by atoms with Gasteiger partial charge in [0.15, 0.2) is 5.82 Å². The van der Waals surface area contributed by atoms with Crippen LogP contribution in [-0.4, -0.2) is 43.7 Å². The Morgan fingerprint density at radius 2 is 1.89 bits per heavy atom. The summed E-state index contributed by atoms with van der Waals surface area (Å²) >= 11 is 0.294. The van der Waals surface area contributed by atoms with E-state index in [1.807, 2.05) is 20.9 Å². The number of benzene rings is 1. The minimum atomic E-state index is -2.63. The molecule has 0 radical (unpaired) electrons. The third kappa shape index (κ3) is 4.00. The topological polar surface area (TPSA) is 70.1 Å². The molecule has 27 heavy (non-hydrogen) atoms. The van der Waals surface area contributed by atoms with Crippen LogP contribution in [0.3, 0.4) is 0 Å².